The highest BCUT2D eigenvalue weighted by Gasteiger charge is 2.47. The van der Waals surface area contributed by atoms with Gasteiger partial charge in [0.05, 0.1) is 13.2 Å². The molecule has 6 heteroatoms. The summed E-state index contributed by atoms with van der Waals surface area (Å²) in [7, 11) is 0. The molecular formula is C46H39F2NO2S. The fourth-order valence-corrected chi connectivity index (χ4v) is 9.59. The Balaban J connectivity index is 1.25. The molecule has 1 atom stereocenters. The highest BCUT2D eigenvalue weighted by atomic mass is 32.2. The summed E-state index contributed by atoms with van der Waals surface area (Å²) in [6.45, 7) is 7.47. The van der Waals surface area contributed by atoms with Crippen molar-refractivity contribution in [2.24, 2.45) is 0 Å². The van der Waals surface area contributed by atoms with Crippen LogP contribution >= 0.6 is 11.8 Å². The average molecular weight is 708 g/mol. The minimum absolute atomic E-state index is 0.248. The fraction of sp³-hybridized carbons (Fsp3) is 0.217. The first kappa shape index (κ1) is 33.0. The number of ether oxygens (including phenoxy) is 2. The standard InChI is InChI=1S/C46H39F2NO2S/c1-3-45(4-2)41-29-33(48)15-21-38(41)42-37-20-14-32(47)28-40(37)44-39(43(42)45)22-23-46(51-44,30-10-16-34(17-11-30)49-24-26-50-27-25-49)31-12-18-36(19-13-31)52-35-8-6-5-7-9-35/h5-23,28-29H,3-4,24-27H2,1-2H3. The van der Waals surface area contributed by atoms with Crippen molar-refractivity contribution in [2.75, 3.05) is 31.2 Å². The van der Waals surface area contributed by atoms with E-state index in [-0.39, 0.29) is 11.6 Å². The molecule has 9 rings (SSSR count). The summed E-state index contributed by atoms with van der Waals surface area (Å²) >= 11 is 1.72. The summed E-state index contributed by atoms with van der Waals surface area (Å²) < 4.78 is 43.4. The van der Waals surface area contributed by atoms with Gasteiger partial charge in [-0.05, 0) is 107 Å². The molecule has 0 radical (unpaired) electrons. The Morgan fingerprint density at radius 3 is 2.08 bits per heavy atom. The molecule has 260 valence electrons. The zero-order chi connectivity index (χ0) is 35.5. The maximum absolute atomic E-state index is 15.3. The van der Waals surface area contributed by atoms with Crippen LogP contribution in [0.15, 0.2) is 131 Å². The van der Waals surface area contributed by atoms with Crippen LogP contribution in [0.2, 0.25) is 0 Å². The molecule has 3 nitrogen and oxygen atoms in total. The fourth-order valence-electron chi connectivity index (χ4n) is 8.75. The first-order valence-corrected chi connectivity index (χ1v) is 19.0. The second kappa shape index (κ2) is 12.9. The Labute approximate surface area is 307 Å². The van der Waals surface area contributed by atoms with E-state index >= 15 is 4.39 Å². The summed E-state index contributed by atoms with van der Waals surface area (Å²) in [5, 5.41) is 1.62. The van der Waals surface area contributed by atoms with Crippen LogP contribution in [0.1, 0.15) is 54.5 Å². The van der Waals surface area contributed by atoms with Crippen molar-refractivity contribution in [3.8, 4) is 16.9 Å². The Kier molecular flexibility index (Phi) is 8.20. The minimum Gasteiger partial charge on any atom is -0.472 e. The number of anilines is 1. The molecule has 0 amide bonds. The minimum atomic E-state index is -1.00. The Morgan fingerprint density at radius 2 is 1.37 bits per heavy atom. The van der Waals surface area contributed by atoms with Crippen molar-refractivity contribution in [2.45, 2.75) is 47.5 Å². The second-order valence-electron chi connectivity index (χ2n) is 13.9. The van der Waals surface area contributed by atoms with E-state index in [9.17, 15) is 4.39 Å². The third-order valence-electron chi connectivity index (χ3n) is 11.4. The van der Waals surface area contributed by atoms with Crippen LogP contribution in [0.5, 0.6) is 5.75 Å². The quantitative estimate of drug-likeness (QED) is 0.165. The summed E-state index contributed by atoms with van der Waals surface area (Å²) in [4.78, 5) is 4.64. The number of morpholine rings is 1. The average Bonchev–Trinajstić information content (AvgIpc) is 3.48. The molecule has 1 fully saturated rings. The van der Waals surface area contributed by atoms with Crippen molar-refractivity contribution in [3.63, 3.8) is 0 Å². The van der Waals surface area contributed by atoms with Crippen molar-refractivity contribution in [1.82, 2.24) is 0 Å². The molecule has 6 aromatic rings. The second-order valence-corrected chi connectivity index (χ2v) is 15.1. The SMILES string of the molecule is CCC1(CC)c2cc(F)ccc2-c2c1c1c(c3cc(F)ccc23)OC(c2ccc(Sc3ccccc3)cc2)(c2ccc(N3CCOCC3)cc2)C=C1. The Bertz CT molecular complexity index is 2330. The summed E-state index contributed by atoms with van der Waals surface area (Å²) in [5.74, 6) is 0.0719. The van der Waals surface area contributed by atoms with E-state index in [1.165, 1.54) is 17.0 Å². The van der Waals surface area contributed by atoms with Crippen LogP contribution < -0.4 is 9.64 Å². The maximum Gasteiger partial charge on any atom is 0.178 e. The van der Waals surface area contributed by atoms with Crippen molar-refractivity contribution < 1.29 is 18.3 Å². The lowest BCUT2D eigenvalue weighted by atomic mass is 9.71. The van der Waals surface area contributed by atoms with E-state index in [2.05, 4.69) is 104 Å². The molecular weight excluding hydrogens is 669 g/mol. The topological polar surface area (TPSA) is 21.7 Å². The summed E-state index contributed by atoms with van der Waals surface area (Å²) in [5.41, 5.74) is 6.77. The number of hydrogen-bond acceptors (Lipinski definition) is 4. The van der Waals surface area contributed by atoms with Crippen LogP contribution in [0.25, 0.3) is 28.0 Å². The predicted octanol–water partition coefficient (Wildman–Crippen LogP) is 11.5. The third kappa shape index (κ3) is 5.18. The van der Waals surface area contributed by atoms with Crippen LogP contribution in [0.4, 0.5) is 14.5 Å². The first-order valence-electron chi connectivity index (χ1n) is 18.2. The van der Waals surface area contributed by atoms with E-state index in [0.29, 0.717) is 24.3 Å². The van der Waals surface area contributed by atoms with Gasteiger partial charge < -0.3 is 14.4 Å². The maximum atomic E-state index is 15.3. The van der Waals surface area contributed by atoms with Gasteiger partial charge in [-0.3, -0.25) is 0 Å². The van der Waals surface area contributed by atoms with Crippen LogP contribution in [-0.2, 0) is 15.8 Å². The molecule has 1 saturated heterocycles. The van der Waals surface area contributed by atoms with Gasteiger partial charge in [0.2, 0.25) is 0 Å². The van der Waals surface area contributed by atoms with Crippen molar-refractivity contribution >= 4 is 34.3 Å². The predicted molar refractivity (Wildman–Crippen MR) is 208 cm³/mol. The zero-order valence-corrected chi connectivity index (χ0v) is 30.1. The molecule has 0 spiro atoms. The lowest BCUT2D eigenvalue weighted by Crippen LogP contribution is -2.37. The van der Waals surface area contributed by atoms with Crippen LogP contribution in [0.3, 0.4) is 0 Å². The van der Waals surface area contributed by atoms with Crippen LogP contribution in [-0.4, -0.2) is 26.3 Å². The number of halogens is 2. The molecule has 6 aromatic carbocycles. The third-order valence-corrected chi connectivity index (χ3v) is 12.4. The van der Waals surface area contributed by atoms with Gasteiger partial charge in [-0.1, -0.05) is 86.3 Å². The van der Waals surface area contributed by atoms with Crippen LogP contribution in [0, 0.1) is 11.6 Å². The molecule has 0 N–H and O–H groups in total. The monoisotopic (exact) mass is 707 g/mol. The molecule has 0 bridgehead atoms. The molecule has 0 saturated carbocycles. The molecule has 2 heterocycles. The number of fused-ring (bicyclic) bond motifs is 8. The van der Waals surface area contributed by atoms with Gasteiger partial charge >= 0.3 is 0 Å². The Hall–Kier alpha value is -4.91. The van der Waals surface area contributed by atoms with E-state index in [1.54, 1.807) is 23.9 Å². The lowest BCUT2D eigenvalue weighted by molar-refractivity contribution is 0.122. The largest absolute Gasteiger partial charge is 0.472 e. The number of rotatable bonds is 7. The van der Waals surface area contributed by atoms with E-state index in [0.717, 1.165) is 80.8 Å². The van der Waals surface area contributed by atoms with Gasteiger partial charge in [-0.2, -0.15) is 0 Å². The highest BCUT2D eigenvalue weighted by Crippen LogP contribution is 2.60. The smallest absolute Gasteiger partial charge is 0.178 e. The van der Waals surface area contributed by atoms with Gasteiger partial charge in [0.25, 0.3) is 0 Å². The van der Waals surface area contributed by atoms with Gasteiger partial charge in [0.15, 0.2) is 5.60 Å². The summed E-state index contributed by atoms with van der Waals surface area (Å²) in [6.07, 6.45) is 5.93. The van der Waals surface area contributed by atoms with E-state index in [4.69, 9.17) is 9.47 Å². The number of hydrogen-bond donors (Lipinski definition) is 0. The molecule has 1 unspecified atom stereocenters. The number of nitrogens with zero attached hydrogens (tertiary/aromatic N) is 1. The van der Waals surface area contributed by atoms with Gasteiger partial charge in [-0.25, -0.2) is 8.78 Å². The number of benzene rings is 6. The van der Waals surface area contributed by atoms with Gasteiger partial charge in [-0.15, -0.1) is 0 Å². The summed E-state index contributed by atoms with van der Waals surface area (Å²) in [6, 6.07) is 37.7. The van der Waals surface area contributed by atoms with Gasteiger partial charge in [0, 0.05) is 56.1 Å². The molecule has 52 heavy (non-hydrogen) atoms. The van der Waals surface area contributed by atoms with E-state index < -0.39 is 11.0 Å². The van der Waals surface area contributed by atoms with Crippen molar-refractivity contribution in [1.29, 1.82) is 0 Å². The zero-order valence-electron chi connectivity index (χ0n) is 29.3. The highest BCUT2D eigenvalue weighted by molar-refractivity contribution is 7.99. The molecule has 3 aliphatic rings. The van der Waals surface area contributed by atoms with Crippen molar-refractivity contribution in [3.05, 3.63) is 161 Å². The lowest BCUT2D eigenvalue weighted by Gasteiger charge is -2.39. The van der Waals surface area contributed by atoms with Gasteiger partial charge in [0.1, 0.15) is 17.4 Å². The Morgan fingerprint density at radius 1 is 0.712 bits per heavy atom. The molecule has 0 aromatic heterocycles. The van der Waals surface area contributed by atoms with E-state index in [1.807, 2.05) is 18.2 Å². The molecule has 2 aliphatic heterocycles. The normalized spacial score (nSPS) is 18.5. The first-order chi connectivity index (χ1) is 25.4. The molecule has 1 aliphatic carbocycles.